The number of hydrogen-bond acceptors (Lipinski definition) is 3. The van der Waals surface area contributed by atoms with Crippen molar-refractivity contribution in [2.45, 2.75) is 31.3 Å². The summed E-state index contributed by atoms with van der Waals surface area (Å²) < 4.78 is 0. The van der Waals surface area contributed by atoms with Crippen LogP contribution in [0.15, 0.2) is 0 Å². The molecule has 2 fully saturated rings. The first-order valence-corrected chi connectivity index (χ1v) is 5.35. The lowest BCUT2D eigenvalue weighted by Gasteiger charge is -2.36. The molecule has 2 N–H and O–H groups in total. The van der Waals surface area contributed by atoms with Crippen molar-refractivity contribution >= 4 is 0 Å². The van der Waals surface area contributed by atoms with Crippen LogP contribution in [-0.4, -0.2) is 48.8 Å². The minimum absolute atomic E-state index is 0.345. The van der Waals surface area contributed by atoms with Gasteiger partial charge >= 0.3 is 0 Å². The molecule has 1 heterocycles. The molecule has 1 saturated heterocycles. The second-order valence-corrected chi connectivity index (χ2v) is 4.54. The summed E-state index contributed by atoms with van der Waals surface area (Å²) in [5, 5.41) is 12.8. The highest BCUT2D eigenvalue weighted by Crippen LogP contribution is 2.24. The van der Waals surface area contributed by atoms with Gasteiger partial charge in [0.1, 0.15) is 0 Å². The Kier molecular flexibility index (Phi) is 2.86. The first-order valence-electron chi connectivity index (χ1n) is 5.35. The Bertz CT molecular complexity index is 168. The Morgan fingerprint density at radius 1 is 1.38 bits per heavy atom. The molecule has 0 spiro atoms. The predicted molar refractivity (Wildman–Crippen MR) is 52.6 cm³/mol. The first kappa shape index (κ1) is 9.44. The van der Waals surface area contributed by atoms with Crippen LogP contribution < -0.4 is 5.32 Å². The van der Waals surface area contributed by atoms with Gasteiger partial charge in [0.2, 0.25) is 0 Å². The Morgan fingerprint density at radius 2 is 2.15 bits per heavy atom. The minimum Gasteiger partial charge on any atom is -0.396 e. The highest BCUT2D eigenvalue weighted by molar-refractivity contribution is 4.91. The zero-order valence-corrected chi connectivity index (χ0v) is 8.37. The molecule has 0 bridgehead atoms. The van der Waals surface area contributed by atoms with Crippen molar-refractivity contribution in [2.24, 2.45) is 5.92 Å². The molecule has 76 valence electrons. The van der Waals surface area contributed by atoms with Crippen LogP contribution in [0.3, 0.4) is 0 Å². The third kappa shape index (κ3) is 2.42. The average molecular weight is 184 g/mol. The van der Waals surface area contributed by atoms with Gasteiger partial charge in [-0.1, -0.05) is 0 Å². The summed E-state index contributed by atoms with van der Waals surface area (Å²) in [6.07, 6.45) is 3.80. The molecule has 0 radical (unpaired) electrons. The fourth-order valence-corrected chi connectivity index (χ4v) is 2.12. The number of aliphatic hydroxyl groups is 1. The summed E-state index contributed by atoms with van der Waals surface area (Å²) in [5.41, 5.74) is 0. The maximum atomic E-state index is 9.22. The van der Waals surface area contributed by atoms with Gasteiger partial charge in [-0.2, -0.15) is 0 Å². The SMILES string of the molecule is CN1CCC(CO)C(NC2CC2)C1. The van der Waals surface area contributed by atoms with Crippen LogP contribution in [0.1, 0.15) is 19.3 Å². The van der Waals surface area contributed by atoms with Crippen molar-refractivity contribution in [3.8, 4) is 0 Å². The summed E-state index contributed by atoms with van der Waals surface area (Å²) in [6, 6.07) is 1.28. The van der Waals surface area contributed by atoms with Gasteiger partial charge in [0.15, 0.2) is 0 Å². The highest BCUT2D eigenvalue weighted by Gasteiger charge is 2.31. The molecule has 1 aliphatic carbocycles. The van der Waals surface area contributed by atoms with E-state index in [-0.39, 0.29) is 0 Å². The number of piperidine rings is 1. The van der Waals surface area contributed by atoms with Crippen molar-refractivity contribution in [3.05, 3.63) is 0 Å². The molecule has 2 unspecified atom stereocenters. The van der Waals surface area contributed by atoms with Crippen molar-refractivity contribution in [3.63, 3.8) is 0 Å². The van der Waals surface area contributed by atoms with Gasteiger partial charge in [-0.15, -0.1) is 0 Å². The summed E-state index contributed by atoms with van der Waals surface area (Å²) >= 11 is 0. The summed E-state index contributed by atoms with van der Waals surface area (Å²) in [6.45, 7) is 2.58. The second-order valence-electron chi connectivity index (χ2n) is 4.54. The van der Waals surface area contributed by atoms with E-state index >= 15 is 0 Å². The van der Waals surface area contributed by atoms with E-state index in [1.807, 2.05) is 0 Å². The van der Waals surface area contributed by atoms with E-state index in [1.165, 1.54) is 12.8 Å². The van der Waals surface area contributed by atoms with Gasteiger partial charge in [0, 0.05) is 25.2 Å². The first-order chi connectivity index (χ1) is 6.29. The Balaban J connectivity index is 1.85. The lowest BCUT2D eigenvalue weighted by atomic mass is 9.92. The molecule has 2 aliphatic rings. The maximum Gasteiger partial charge on any atom is 0.0475 e. The molecular weight excluding hydrogens is 164 g/mol. The lowest BCUT2D eigenvalue weighted by molar-refractivity contribution is 0.109. The van der Waals surface area contributed by atoms with E-state index in [0.717, 1.165) is 25.6 Å². The number of likely N-dealkylation sites (N-methyl/N-ethyl adjacent to an activating group) is 1. The molecule has 2 atom stereocenters. The fraction of sp³-hybridized carbons (Fsp3) is 1.00. The topological polar surface area (TPSA) is 35.5 Å². The van der Waals surface area contributed by atoms with E-state index in [1.54, 1.807) is 0 Å². The Morgan fingerprint density at radius 3 is 2.77 bits per heavy atom. The number of aliphatic hydroxyl groups excluding tert-OH is 1. The van der Waals surface area contributed by atoms with Gasteiger partial charge in [0.05, 0.1) is 0 Å². The van der Waals surface area contributed by atoms with Crippen molar-refractivity contribution < 1.29 is 5.11 Å². The smallest absolute Gasteiger partial charge is 0.0475 e. The number of nitrogens with one attached hydrogen (secondary N) is 1. The van der Waals surface area contributed by atoms with Crippen LogP contribution in [-0.2, 0) is 0 Å². The van der Waals surface area contributed by atoms with Crippen LogP contribution in [0.4, 0.5) is 0 Å². The molecule has 2 rings (SSSR count). The van der Waals surface area contributed by atoms with Crippen LogP contribution in [0.2, 0.25) is 0 Å². The van der Waals surface area contributed by atoms with E-state index in [9.17, 15) is 5.11 Å². The predicted octanol–water partition coefficient (Wildman–Crippen LogP) is 0.0510. The zero-order valence-electron chi connectivity index (χ0n) is 8.37. The standard InChI is InChI=1S/C10H20N2O/c1-12-5-4-8(7-13)10(6-12)11-9-2-3-9/h8-11,13H,2-7H2,1H3. The van der Waals surface area contributed by atoms with Gasteiger partial charge in [-0.25, -0.2) is 0 Å². The van der Waals surface area contributed by atoms with Gasteiger partial charge in [-0.05, 0) is 38.8 Å². The van der Waals surface area contributed by atoms with Crippen LogP contribution in [0, 0.1) is 5.92 Å². The summed E-state index contributed by atoms with van der Waals surface area (Å²) in [7, 11) is 2.16. The minimum atomic E-state index is 0.345. The zero-order chi connectivity index (χ0) is 9.26. The van der Waals surface area contributed by atoms with Gasteiger partial charge < -0.3 is 15.3 Å². The Labute approximate surface area is 80.1 Å². The average Bonchev–Trinajstić information content (AvgIpc) is 2.89. The van der Waals surface area contributed by atoms with Crippen molar-refractivity contribution in [1.82, 2.24) is 10.2 Å². The summed E-state index contributed by atoms with van der Waals surface area (Å²) in [5.74, 6) is 0.483. The van der Waals surface area contributed by atoms with Crippen LogP contribution in [0.25, 0.3) is 0 Å². The molecule has 1 saturated carbocycles. The van der Waals surface area contributed by atoms with E-state index in [4.69, 9.17) is 0 Å². The number of hydrogen-bond donors (Lipinski definition) is 2. The number of rotatable bonds is 3. The number of likely N-dealkylation sites (tertiary alicyclic amines) is 1. The molecular formula is C10H20N2O. The third-order valence-electron chi connectivity index (χ3n) is 3.22. The molecule has 1 aliphatic heterocycles. The lowest BCUT2D eigenvalue weighted by Crippen LogP contribution is -2.51. The van der Waals surface area contributed by atoms with Crippen molar-refractivity contribution in [2.75, 3.05) is 26.7 Å². The van der Waals surface area contributed by atoms with Gasteiger partial charge in [-0.3, -0.25) is 0 Å². The van der Waals surface area contributed by atoms with Crippen LogP contribution >= 0.6 is 0 Å². The third-order valence-corrected chi connectivity index (χ3v) is 3.22. The molecule has 0 amide bonds. The Hall–Kier alpha value is -0.120. The second kappa shape index (κ2) is 3.95. The van der Waals surface area contributed by atoms with E-state index < -0.39 is 0 Å². The molecule has 0 aromatic carbocycles. The monoisotopic (exact) mass is 184 g/mol. The highest BCUT2D eigenvalue weighted by atomic mass is 16.3. The quantitative estimate of drug-likeness (QED) is 0.650. The molecule has 13 heavy (non-hydrogen) atoms. The largest absolute Gasteiger partial charge is 0.396 e. The van der Waals surface area contributed by atoms with E-state index in [0.29, 0.717) is 18.6 Å². The van der Waals surface area contributed by atoms with Gasteiger partial charge in [0.25, 0.3) is 0 Å². The molecule has 3 heteroatoms. The normalized spacial score (nSPS) is 36.5. The van der Waals surface area contributed by atoms with Crippen LogP contribution in [0.5, 0.6) is 0 Å². The maximum absolute atomic E-state index is 9.22. The van der Waals surface area contributed by atoms with E-state index in [2.05, 4.69) is 17.3 Å². The molecule has 0 aromatic heterocycles. The number of nitrogens with zero attached hydrogens (tertiary/aromatic N) is 1. The fourth-order valence-electron chi connectivity index (χ4n) is 2.12. The summed E-state index contributed by atoms with van der Waals surface area (Å²) in [4.78, 5) is 2.35. The molecule has 3 nitrogen and oxygen atoms in total. The van der Waals surface area contributed by atoms with Crippen molar-refractivity contribution in [1.29, 1.82) is 0 Å². The molecule has 0 aromatic rings.